The Bertz CT molecular complexity index is 921. The third kappa shape index (κ3) is 4.73. The average molecular weight is 361 g/mol. The van der Waals surface area contributed by atoms with Gasteiger partial charge in [-0.3, -0.25) is 9.59 Å². The standard InChI is InChI=1S/C22H19NO4/c1-26-17-11-13-18(14-12-17)27-15-21(24)23-20-10-6-5-9-19(20)22(25)16-7-3-2-4-8-16/h2-14H,15H2,1H3,(H,23,24). The van der Waals surface area contributed by atoms with Gasteiger partial charge in [-0.2, -0.15) is 0 Å². The van der Waals surface area contributed by atoms with E-state index in [1.54, 1.807) is 79.9 Å². The number of ketones is 1. The SMILES string of the molecule is COc1ccc(OCC(=O)Nc2ccccc2C(=O)c2ccccc2)cc1. The predicted molar refractivity (Wildman–Crippen MR) is 103 cm³/mol. The lowest BCUT2D eigenvalue weighted by atomic mass is 10.0. The van der Waals surface area contributed by atoms with Crippen LogP contribution in [-0.2, 0) is 4.79 Å². The summed E-state index contributed by atoms with van der Waals surface area (Å²) in [6, 6.07) is 22.8. The van der Waals surface area contributed by atoms with E-state index in [-0.39, 0.29) is 18.3 Å². The number of carbonyl (C=O) groups is 2. The molecule has 0 spiro atoms. The molecule has 5 heteroatoms. The Morgan fingerprint density at radius 3 is 2.15 bits per heavy atom. The van der Waals surface area contributed by atoms with Gasteiger partial charge in [0.15, 0.2) is 12.4 Å². The molecule has 3 aromatic carbocycles. The van der Waals surface area contributed by atoms with Gasteiger partial charge in [-0.1, -0.05) is 42.5 Å². The van der Waals surface area contributed by atoms with Gasteiger partial charge in [-0.25, -0.2) is 0 Å². The van der Waals surface area contributed by atoms with Crippen molar-refractivity contribution in [1.29, 1.82) is 0 Å². The van der Waals surface area contributed by atoms with Crippen LogP contribution < -0.4 is 14.8 Å². The van der Waals surface area contributed by atoms with Crippen LogP contribution in [0.25, 0.3) is 0 Å². The van der Waals surface area contributed by atoms with Gasteiger partial charge in [0.2, 0.25) is 0 Å². The molecule has 3 rings (SSSR count). The molecule has 0 heterocycles. The summed E-state index contributed by atoms with van der Waals surface area (Å²) in [4.78, 5) is 24.9. The normalized spacial score (nSPS) is 10.1. The third-order valence-electron chi connectivity index (χ3n) is 3.91. The summed E-state index contributed by atoms with van der Waals surface area (Å²) < 4.78 is 10.6. The monoisotopic (exact) mass is 361 g/mol. The summed E-state index contributed by atoms with van der Waals surface area (Å²) in [5.41, 5.74) is 1.45. The van der Waals surface area contributed by atoms with Gasteiger partial charge in [0, 0.05) is 11.1 Å². The molecule has 0 aliphatic heterocycles. The van der Waals surface area contributed by atoms with E-state index in [4.69, 9.17) is 9.47 Å². The second-order valence-corrected chi connectivity index (χ2v) is 5.75. The van der Waals surface area contributed by atoms with Gasteiger partial charge in [0.25, 0.3) is 5.91 Å². The molecule has 27 heavy (non-hydrogen) atoms. The molecule has 0 aliphatic rings. The maximum Gasteiger partial charge on any atom is 0.262 e. The van der Waals surface area contributed by atoms with Crippen molar-refractivity contribution in [2.45, 2.75) is 0 Å². The maximum atomic E-state index is 12.7. The Morgan fingerprint density at radius 1 is 0.815 bits per heavy atom. The fourth-order valence-corrected chi connectivity index (χ4v) is 2.54. The summed E-state index contributed by atoms with van der Waals surface area (Å²) in [6.45, 7) is -0.166. The molecular weight excluding hydrogens is 342 g/mol. The summed E-state index contributed by atoms with van der Waals surface area (Å²) >= 11 is 0. The Kier molecular flexibility index (Phi) is 5.84. The number of hydrogen-bond donors (Lipinski definition) is 1. The molecule has 0 unspecified atom stereocenters. The second kappa shape index (κ2) is 8.67. The highest BCUT2D eigenvalue weighted by atomic mass is 16.5. The Hall–Kier alpha value is -3.60. The minimum atomic E-state index is -0.348. The molecule has 0 saturated heterocycles. The van der Waals surface area contributed by atoms with Crippen molar-refractivity contribution in [1.82, 2.24) is 0 Å². The number of carbonyl (C=O) groups excluding carboxylic acids is 2. The first kappa shape index (κ1) is 18.2. The largest absolute Gasteiger partial charge is 0.497 e. The van der Waals surface area contributed by atoms with Gasteiger partial charge < -0.3 is 14.8 Å². The van der Waals surface area contributed by atoms with Crippen LogP contribution >= 0.6 is 0 Å². The first-order valence-electron chi connectivity index (χ1n) is 8.43. The first-order chi connectivity index (χ1) is 13.2. The van der Waals surface area contributed by atoms with Crippen molar-refractivity contribution in [3.8, 4) is 11.5 Å². The summed E-state index contributed by atoms with van der Waals surface area (Å²) in [5.74, 6) is 0.765. The maximum absolute atomic E-state index is 12.7. The van der Waals surface area contributed by atoms with E-state index in [2.05, 4.69) is 5.32 Å². The van der Waals surface area contributed by atoms with E-state index in [9.17, 15) is 9.59 Å². The minimum absolute atomic E-state index is 0.150. The quantitative estimate of drug-likeness (QED) is 0.647. The van der Waals surface area contributed by atoms with Crippen molar-refractivity contribution in [2.24, 2.45) is 0 Å². The number of benzene rings is 3. The lowest BCUT2D eigenvalue weighted by molar-refractivity contribution is -0.118. The van der Waals surface area contributed by atoms with E-state index in [1.165, 1.54) is 0 Å². The highest BCUT2D eigenvalue weighted by Gasteiger charge is 2.15. The molecule has 1 amide bonds. The van der Waals surface area contributed by atoms with Crippen molar-refractivity contribution >= 4 is 17.4 Å². The number of ether oxygens (including phenoxy) is 2. The van der Waals surface area contributed by atoms with Crippen molar-refractivity contribution < 1.29 is 19.1 Å². The molecule has 0 aromatic heterocycles. The van der Waals surface area contributed by atoms with E-state index >= 15 is 0 Å². The fraction of sp³-hybridized carbons (Fsp3) is 0.0909. The van der Waals surface area contributed by atoms with Crippen molar-refractivity contribution in [3.63, 3.8) is 0 Å². The van der Waals surface area contributed by atoms with E-state index in [0.717, 1.165) is 0 Å². The summed E-state index contributed by atoms with van der Waals surface area (Å²) in [6.07, 6.45) is 0. The molecule has 0 aliphatic carbocycles. The lowest BCUT2D eigenvalue weighted by Gasteiger charge is -2.11. The Morgan fingerprint density at radius 2 is 1.44 bits per heavy atom. The van der Waals surface area contributed by atoms with Crippen LogP contribution in [0.15, 0.2) is 78.9 Å². The highest BCUT2D eigenvalue weighted by Crippen LogP contribution is 2.20. The number of amides is 1. The van der Waals surface area contributed by atoms with Gasteiger partial charge in [-0.15, -0.1) is 0 Å². The molecule has 0 saturated carbocycles. The average Bonchev–Trinajstić information content (AvgIpc) is 2.73. The zero-order valence-corrected chi connectivity index (χ0v) is 14.8. The molecule has 0 radical (unpaired) electrons. The lowest BCUT2D eigenvalue weighted by Crippen LogP contribution is -2.21. The zero-order valence-electron chi connectivity index (χ0n) is 14.8. The number of anilines is 1. The van der Waals surface area contributed by atoms with Gasteiger partial charge >= 0.3 is 0 Å². The second-order valence-electron chi connectivity index (χ2n) is 5.75. The molecule has 5 nitrogen and oxygen atoms in total. The first-order valence-corrected chi connectivity index (χ1v) is 8.43. The highest BCUT2D eigenvalue weighted by molar-refractivity contribution is 6.13. The smallest absolute Gasteiger partial charge is 0.262 e. The Labute approximate surface area is 157 Å². The van der Waals surface area contributed by atoms with Crippen molar-refractivity contribution in [3.05, 3.63) is 90.0 Å². The number of rotatable bonds is 7. The van der Waals surface area contributed by atoms with Crippen LogP contribution in [0, 0.1) is 0 Å². The number of para-hydroxylation sites is 1. The predicted octanol–water partition coefficient (Wildman–Crippen LogP) is 3.94. The van der Waals surface area contributed by atoms with Gasteiger partial charge in [0.1, 0.15) is 11.5 Å². The van der Waals surface area contributed by atoms with Crippen LogP contribution in [0.2, 0.25) is 0 Å². The van der Waals surface area contributed by atoms with Crippen LogP contribution in [0.5, 0.6) is 11.5 Å². The van der Waals surface area contributed by atoms with Crippen LogP contribution in [-0.4, -0.2) is 25.4 Å². The van der Waals surface area contributed by atoms with E-state index in [0.29, 0.717) is 28.3 Å². The number of hydrogen-bond acceptors (Lipinski definition) is 4. The van der Waals surface area contributed by atoms with E-state index < -0.39 is 0 Å². The fourth-order valence-electron chi connectivity index (χ4n) is 2.54. The van der Waals surface area contributed by atoms with Crippen LogP contribution in [0.4, 0.5) is 5.69 Å². The van der Waals surface area contributed by atoms with Gasteiger partial charge in [-0.05, 0) is 36.4 Å². The summed E-state index contributed by atoms with van der Waals surface area (Å²) in [5, 5.41) is 2.74. The minimum Gasteiger partial charge on any atom is -0.497 e. The molecule has 0 atom stereocenters. The Balaban J connectivity index is 1.66. The molecule has 136 valence electrons. The molecule has 0 fully saturated rings. The summed E-state index contributed by atoms with van der Waals surface area (Å²) in [7, 11) is 1.58. The molecule has 3 aromatic rings. The van der Waals surface area contributed by atoms with Crippen molar-refractivity contribution in [2.75, 3.05) is 19.0 Å². The zero-order chi connectivity index (χ0) is 19.1. The number of nitrogens with one attached hydrogen (secondary N) is 1. The molecule has 0 bridgehead atoms. The topological polar surface area (TPSA) is 64.6 Å². The van der Waals surface area contributed by atoms with E-state index in [1.807, 2.05) is 6.07 Å². The third-order valence-corrected chi connectivity index (χ3v) is 3.91. The van der Waals surface area contributed by atoms with Gasteiger partial charge in [0.05, 0.1) is 12.8 Å². The molecule has 1 N–H and O–H groups in total. The van der Waals surface area contributed by atoms with Crippen LogP contribution in [0.1, 0.15) is 15.9 Å². The van der Waals surface area contributed by atoms with Crippen LogP contribution in [0.3, 0.4) is 0 Å². The molecular formula is C22H19NO4. The number of methoxy groups -OCH3 is 1.